The highest BCUT2D eigenvalue weighted by molar-refractivity contribution is 5.71. The summed E-state index contributed by atoms with van der Waals surface area (Å²) in [6.07, 6.45) is 9.38. The Labute approximate surface area is 184 Å². The van der Waals surface area contributed by atoms with Gasteiger partial charge in [0.1, 0.15) is 6.10 Å². The molecule has 0 aliphatic heterocycles. The Morgan fingerprint density at radius 2 is 1.80 bits per heavy atom. The smallest absolute Gasteiger partial charge is 0.362 e. The number of rotatable bonds is 12. The zero-order valence-corrected chi connectivity index (χ0v) is 20.6. The topological polar surface area (TPSA) is 52.6 Å². The van der Waals surface area contributed by atoms with Crippen molar-refractivity contribution in [3.8, 4) is 0 Å². The maximum atomic E-state index is 12.6. The molecule has 2 fully saturated rings. The van der Waals surface area contributed by atoms with Crippen LogP contribution in [0.25, 0.3) is 0 Å². The Bertz CT molecular complexity index is 600. The maximum absolute atomic E-state index is 12.6. The predicted molar refractivity (Wildman–Crippen MR) is 120 cm³/mol. The molecular weight excluding hydrogens is 378 g/mol. The summed E-state index contributed by atoms with van der Waals surface area (Å²) >= 11 is 0. The van der Waals surface area contributed by atoms with Gasteiger partial charge in [-0.25, -0.2) is 4.79 Å². The summed E-state index contributed by atoms with van der Waals surface area (Å²) < 4.78 is 12.0. The monoisotopic (exact) mass is 424 g/mol. The average molecular weight is 425 g/mol. The fraction of sp³-hybridized carbons (Fsp3) is 0.920. The number of esters is 2. The van der Waals surface area contributed by atoms with Crippen LogP contribution < -0.4 is 0 Å². The molecule has 30 heavy (non-hydrogen) atoms. The van der Waals surface area contributed by atoms with Crippen molar-refractivity contribution in [2.45, 2.75) is 105 Å². The van der Waals surface area contributed by atoms with Gasteiger partial charge in [0.05, 0.1) is 33.2 Å². The normalized spacial score (nSPS) is 28.4. The standard InChI is InChI=1S/C25H46NO4/c1-8-9-10-11-12-19(2)29-23(28)18-26(6,7)16-14-22(27)30-21-17-20-13-15-25(21,5)24(20,3)4/h19-21H,8-18H2,1-7H3/q+1. The van der Waals surface area contributed by atoms with Gasteiger partial charge in [-0.15, -0.1) is 0 Å². The lowest BCUT2D eigenvalue weighted by Gasteiger charge is -2.38. The van der Waals surface area contributed by atoms with Crippen LogP contribution in [0.2, 0.25) is 0 Å². The molecule has 0 saturated heterocycles. The molecule has 0 aromatic rings. The first-order chi connectivity index (χ1) is 13.9. The fourth-order valence-electron chi connectivity index (χ4n) is 5.53. The molecule has 0 aromatic carbocycles. The average Bonchev–Trinajstić information content (AvgIpc) is 2.96. The van der Waals surface area contributed by atoms with Crippen molar-refractivity contribution in [1.29, 1.82) is 0 Å². The van der Waals surface area contributed by atoms with Crippen LogP contribution in [0, 0.1) is 16.7 Å². The van der Waals surface area contributed by atoms with Crippen LogP contribution in [0.5, 0.6) is 0 Å². The highest BCUT2D eigenvalue weighted by atomic mass is 16.5. The maximum Gasteiger partial charge on any atom is 0.362 e. The molecular formula is C25H46NO4+. The van der Waals surface area contributed by atoms with Gasteiger partial charge in [0.25, 0.3) is 0 Å². The van der Waals surface area contributed by atoms with E-state index < -0.39 is 0 Å². The molecule has 0 amide bonds. The van der Waals surface area contributed by atoms with Crippen molar-refractivity contribution >= 4 is 11.9 Å². The van der Waals surface area contributed by atoms with E-state index in [0.29, 0.717) is 23.4 Å². The Kier molecular flexibility index (Phi) is 8.40. The van der Waals surface area contributed by atoms with Gasteiger partial charge >= 0.3 is 11.9 Å². The first-order valence-electron chi connectivity index (χ1n) is 12.1. The number of nitrogens with zero attached hydrogens (tertiary/aromatic N) is 1. The third kappa shape index (κ3) is 5.99. The van der Waals surface area contributed by atoms with Crippen molar-refractivity contribution < 1.29 is 23.5 Å². The third-order valence-corrected chi connectivity index (χ3v) is 8.26. The lowest BCUT2D eigenvalue weighted by molar-refractivity contribution is -0.882. The van der Waals surface area contributed by atoms with Crippen molar-refractivity contribution in [1.82, 2.24) is 0 Å². The van der Waals surface area contributed by atoms with Gasteiger partial charge in [0.15, 0.2) is 6.54 Å². The molecule has 0 N–H and O–H groups in total. The molecule has 4 unspecified atom stereocenters. The Hall–Kier alpha value is -1.10. The zero-order chi connectivity index (χ0) is 22.6. The van der Waals surface area contributed by atoms with Crippen molar-refractivity contribution in [2.75, 3.05) is 27.2 Å². The number of carbonyl (C=O) groups excluding carboxylic acids is 2. The molecule has 174 valence electrons. The summed E-state index contributed by atoms with van der Waals surface area (Å²) in [5.74, 6) is 0.346. The Morgan fingerprint density at radius 3 is 2.37 bits per heavy atom. The van der Waals surface area contributed by atoms with Crippen LogP contribution in [0.15, 0.2) is 0 Å². The van der Waals surface area contributed by atoms with Gasteiger partial charge in [0, 0.05) is 5.41 Å². The summed E-state index contributed by atoms with van der Waals surface area (Å²) in [7, 11) is 3.95. The zero-order valence-electron chi connectivity index (χ0n) is 20.6. The summed E-state index contributed by atoms with van der Waals surface area (Å²) in [4.78, 5) is 24.9. The summed E-state index contributed by atoms with van der Waals surface area (Å²) in [5.41, 5.74) is 0.332. The summed E-state index contributed by atoms with van der Waals surface area (Å²) in [6.45, 7) is 12.0. The van der Waals surface area contributed by atoms with E-state index in [1.54, 1.807) is 0 Å². The van der Waals surface area contributed by atoms with Gasteiger partial charge in [-0.05, 0) is 50.4 Å². The molecule has 2 aliphatic rings. The minimum Gasteiger partial charge on any atom is -0.462 e. The van der Waals surface area contributed by atoms with Crippen LogP contribution in [0.3, 0.4) is 0 Å². The van der Waals surface area contributed by atoms with Gasteiger partial charge in [-0.2, -0.15) is 0 Å². The second-order valence-electron chi connectivity index (χ2n) is 11.3. The van der Waals surface area contributed by atoms with E-state index in [9.17, 15) is 9.59 Å². The fourth-order valence-corrected chi connectivity index (χ4v) is 5.53. The molecule has 0 heterocycles. The molecule has 0 radical (unpaired) electrons. The first-order valence-corrected chi connectivity index (χ1v) is 12.1. The highest BCUT2D eigenvalue weighted by Crippen LogP contribution is 2.66. The van der Waals surface area contributed by atoms with E-state index in [0.717, 1.165) is 25.7 Å². The van der Waals surface area contributed by atoms with Crippen LogP contribution in [-0.4, -0.2) is 55.8 Å². The van der Waals surface area contributed by atoms with Gasteiger partial charge in [-0.3, -0.25) is 4.79 Å². The third-order valence-electron chi connectivity index (χ3n) is 8.26. The number of quaternary nitrogens is 1. The Balaban J connectivity index is 1.71. The SMILES string of the molecule is CCCCCCC(C)OC(=O)C[N+](C)(C)CCC(=O)OC1CC2CCC1(C)C2(C)C. The number of unbranched alkanes of at least 4 members (excludes halogenated alkanes) is 3. The van der Waals surface area contributed by atoms with Crippen LogP contribution in [-0.2, 0) is 19.1 Å². The van der Waals surface area contributed by atoms with Gasteiger partial charge in [-0.1, -0.05) is 47.0 Å². The first kappa shape index (κ1) is 25.2. The summed E-state index contributed by atoms with van der Waals surface area (Å²) in [6, 6.07) is 0. The second kappa shape index (κ2) is 10.0. The van der Waals surface area contributed by atoms with E-state index in [4.69, 9.17) is 9.47 Å². The van der Waals surface area contributed by atoms with E-state index in [1.807, 2.05) is 21.0 Å². The van der Waals surface area contributed by atoms with Crippen molar-refractivity contribution in [3.05, 3.63) is 0 Å². The van der Waals surface area contributed by atoms with Crippen LogP contribution >= 0.6 is 0 Å². The Morgan fingerprint density at radius 1 is 1.10 bits per heavy atom. The largest absolute Gasteiger partial charge is 0.462 e. The predicted octanol–water partition coefficient (Wildman–Crippen LogP) is 5.11. The molecule has 2 saturated carbocycles. The minimum atomic E-state index is -0.182. The molecule has 0 spiro atoms. The molecule has 5 heteroatoms. The number of fused-ring (bicyclic) bond motifs is 2. The van der Waals surface area contributed by atoms with E-state index in [-0.39, 0.29) is 41.5 Å². The molecule has 2 aliphatic carbocycles. The quantitative estimate of drug-likeness (QED) is 0.248. The minimum absolute atomic E-state index is 0.0351. The molecule has 5 nitrogen and oxygen atoms in total. The molecule has 2 rings (SSSR count). The van der Waals surface area contributed by atoms with Gasteiger partial charge in [0.2, 0.25) is 0 Å². The molecule has 2 bridgehead atoms. The van der Waals surface area contributed by atoms with Crippen LogP contribution in [0.4, 0.5) is 0 Å². The van der Waals surface area contributed by atoms with Crippen molar-refractivity contribution in [3.63, 3.8) is 0 Å². The van der Waals surface area contributed by atoms with E-state index in [2.05, 4.69) is 27.7 Å². The van der Waals surface area contributed by atoms with Crippen molar-refractivity contribution in [2.24, 2.45) is 16.7 Å². The van der Waals surface area contributed by atoms with E-state index in [1.165, 1.54) is 25.7 Å². The molecule has 4 atom stereocenters. The highest BCUT2D eigenvalue weighted by Gasteiger charge is 2.62. The lowest BCUT2D eigenvalue weighted by atomic mass is 9.70. The number of carbonyl (C=O) groups is 2. The summed E-state index contributed by atoms with van der Waals surface area (Å²) in [5, 5.41) is 0. The van der Waals surface area contributed by atoms with Gasteiger partial charge < -0.3 is 14.0 Å². The number of likely N-dealkylation sites (N-methyl/N-ethyl adjacent to an activating group) is 1. The lowest BCUT2D eigenvalue weighted by Crippen LogP contribution is -2.46. The number of hydrogen-bond acceptors (Lipinski definition) is 4. The number of hydrogen-bond donors (Lipinski definition) is 0. The number of ether oxygens (including phenoxy) is 2. The van der Waals surface area contributed by atoms with E-state index >= 15 is 0 Å². The van der Waals surface area contributed by atoms with Crippen LogP contribution in [0.1, 0.15) is 92.4 Å². The molecule has 0 aromatic heterocycles. The second-order valence-corrected chi connectivity index (χ2v) is 11.3.